The van der Waals surface area contributed by atoms with E-state index in [1.54, 1.807) is 36.7 Å². The Kier molecular flexibility index (Phi) is 8.28. The van der Waals surface area contributed by atoms with Gasteiger partial charge < -0.3 is 15.8 Å². The van der Waals surface area contributed by atoms with Crippen molar-refractivity contribution in [2.24, 2.45) is 15.8 Å². The molecule has 0 aromatic heterocycles. The number of hydrogen-bond donors (Lipinski definition) is 3. The molecule has 0 bridgehead atoms. The van der Waals surface area contributed by atoms with Gasteiger partial charge in [0.15, 0.2) is 0 Å². The van der Waals surface area contributed by atoms with E-state index in [1.165, 1.54) is 30.5 Å². The number of aliphatic imine (C=N–C) groups is 1. The third-order valence-electron chi connectivity index (χ3n) is 4.23. The zero-order valence-electron chi connectivity index (χ0n) is 17.2. The summed E-state index contributed by atoms with van der Waals surface area (Å²) in [5.41, 5.74) is 9.71. The highest BCUT2D eigenvalue weighted by molar-refractivity contribution is 8.38. The van der Waals surface area contributed by atoms with E-state index < -0.39 is 17.7 Å². The first-order valence-electron chi connectivity index (χ1n) is 9.47. The van der Waals surface area contributed by atoms with Gasteiger partial charge in [-0.15, -0.1) is 0 Å². The van der Waals surface area contributed by atoms with Crippen LogP contribution in [0.5, 0.6) is 5.75 Å². The Bertz CT molecular complexity index is 1070. The summed E-state index contributed by atoms with van der Waals surface area (Å²) in [7, 11) is 1.61. The van der Waals surface area contributed by atoms with Gasteiger partial charge in [0.2, 0.25) is 5.91 Å². The fraction of sp³-hybridized carbons (Fsp3) is 0.190. The molecule has 9 nitrogen and oxygen atoms in total. The summed E-state index contributed by atoms with van der Waals surface area (Å²) >= 11 is 3.39. The van der Waals surface area contributed by atoms with E-state index in [1.807, 2.05) is 12.1 Å². The van der Waals surface area contributed by atoms with Crippen LogP contribution in [-0.4, -0.2) is 47.7 Å². The molecule has 4 N–H and O–H groups in total. The molecule has 0 radical (unpaired) electrons. The zero-order chi connectivity index (χ0) is 22.9. The molecule has 1 heterocycles. The smallest absolute Gasteiger partial charge is 0.329 e. The number of thioether (sulfide) groups is 2. The van der Waals surface area contributed by atoms with Gasteiger partial charge in [0, 0.05) is 28.3 Å². The second-order valence-electron chi connectivity index (χ2n) is 6.45. The summed E-state index contributed by atoms with van der Waals surface area (Å²) in [5.74, 6) is 0.0554. The minimum atomic E-state index is -0.930. The Hall–Kier alpha value is -3.31. The fourth-order valence-electron chi connectivity index (χ4n) is 2.66. The third kappa shape index (κ3) is 6.59. The number of rotatable bonds is 7. The predicted molar refractivity (Wildman–Crippen MR) is 128 cm³/mol. The van der Waals surface area contributed by atoms with Crippen molar-refractivity contribution in [2.45, 2.75) is 5.75 Å². The molecule has 1 aliphatic heterocycles. The molecule has 11 heteroatoms. The molecular formula is C21H21N5O4S2. The minimum absolute atomic E-state index is 0.296. The standard InChI is InChI=1S/C21H21N5O4S2/c1-30-17-7-2-13(10-15(17)12-32-21-23-8-9-31-21)11-24-26-20(29)19(28)25-16-5-3-14(4-6-16)18(22)27/h2-7,10-11H,8-9,12H2,1H3,(H2,22,27)(H,25,28)(H,26,29)/b24-11+. The van der Waals surface area contributed by atoms with Crippen molar-refractivity contribution in [1.29, 1.82) is 0 Å². The van der Waals surface area contributed by atoms with Gasteiger partial charge in [-0.05, 0) is 48.0 Å². The third-order valence-corrected chi connectivity index (χ3v) is 6.53. The Morgan fingerprint density at radius 1 is 1.22 bits per heavy atom. The number of carbonyl (C=O) groups is 3. The highest BCUT2D eigenvalue weighted by Crippen LogP contribution is 2.29. The van der Waals surface area contributed by atoms with E-state index in [2.05, 4.69) is 20.8 Å². The van der Waals surface area contributed by atoms with Gasteiger partial charge in [0.1, 0.15) is 10.1 Å². The molecule has 0 fully saturated rings. The van der Waals surface area contributed by atoms with Crippen molar-refractivity contribution in [3.63, 3.8) is 0 Å². The van der Waals surface area contributed by atoms with Crippen molar-refractivity contribution < 1.29 is 19.1 Å². The quantitative estimate of drug-likeness (QED) is 0.322. The molecule has 0 saturated carbocycles. The van der Waals surface area contributed by atoms with Crippen LogP contribution in [0.1, 0.15) is 21.5 Å². The lowest BCUT2D eigenvalue weighted by Gasteiger charge is -2.09. The van der Waals surface area contributed by atoms with Gasteiger partial charge in [-0.2, -0.15) is 5.10 Å². The zero-order valence-corrected chi connectivity index (χ0v) is 18.8. The highest BCUT2D eigenvalue weighted by Gasteiger charge is 2.14. The number of primary amides is 1. The summed E-state index contributed by atoms with van der Waals surface area (Å²) in [6.07, 6.45) is 1.45. The summed E-state index contributed by atoms with van der Waals surface area (Å²) in [6, 6.07) is 11.4. The van der Waals surface area contributed by atoms with Gasteiger partial charge in [-0.25, -0.2) is 5.43 Å². The molecule has 2 aromatic carbocycles. The molecule has 0 spiro atoms. The maximum atomic E-state index is 12.0. The first-order chi connectivity index (χ1) is 15.5. The van der Waals surface area contributed by atoms with E-state index in [0.717, 1.165) is 33.5 Å². The summed E-state index contributed by atoms with van der Waals surface area (Å²) in [6.45, 7) is 0.850. The average Bonchev–Trinajstić information content (AvgIpc) is 3.31. The number of nitrogens with two attached hydrogens (primary N) is 1. The Balaban J connectivity index is 1.55. The monoisotopic (exact) mass is 471 g/mol. The molecule has 166 valence electrons. The second-order valence-corrected chi connectivity index (χ2v) is 8.76. The number of methoxy groups -OCH3 is 1. The number of amides is 3. The lowest BCUT2D eigenvalue weighted by molar-refractivity contribution is -0.136. The van der Waals surface area contributed by atoms with E-state index >= 15 is 0 Å². The highest BCUT2D eigenvalue weighted by atomic mass is 32.2. The van der Waals surface area contributed by atoms with Crippen molar-refractivity contribution in [1.82, 2.24) is 5.43 Å². The van der Waals surface area contributed by atoms with Crippen LogP contribution >= 0.6 is 23.5 Å². The van der Waals surface area contributed by atoms with Crippen LogP contribution in [0.25, 0.3) is 0 Å². The second kappa shape index (κ2) is 11.3. The normalized spacial score (nSPS) is 13.0. The molecule has 2 aromatic rings. The number of carbonyl (C=O) groups excluding carboxylic acids is 3. The van der Waals surface area contributed by atoms with Crippen LogP contribution in [0.4, 0.5) is 5.69 Å². The topological polar surface area (TPSA) is 135 Å². The van der Waals surface area contributed by atoms with E-state index in [4.69, 9.17) is 10.5 Å². The molecular weight excluding hydrogens is 450 g/mol. The van der Waals surface area contributed by atoms with Gasteiger partial charge in [-0.1, -0.05) is 23.5 Å². The number of benzene rings is 2. The summed E-state index contributed by atoms with van der Waals surface area (Å²) in [4.78, 5) is 39.5. The molecule has 3 amide bonds. The Labute approximate surface area is 193 Å². The van der Waals surface area contributed by atoms with Gasteiger partial charge in [0.25, 0.3) is 0 Å². The largest absolute Gasteiger partial charge is 0.496 e. The number of nitrogens with zero attached hydrogens (tertiary/aromatic N) is 2. The molecule has 0 aliphatic carbocycles. The Morgan fingerprint density at radius 3 is 2.66 bits per heavy atom. The fourth-order valence-corrected chi connectivity index (χ4v) is 4.64. The van der Waals surface area contributed by atoms with Crippen molar-refractivity contribution in [3.8, 4) is 5.75 Å². The van der Waals surface area contributed by atoms with Gasteiger partial charge in [-0.3, -0.25) is 19.4 Å². The van der Waals surface area contributed by atoms with Crippen LogP contribution in [-0.2, 0) is 15.3 Å². The first kappa shape index (κ1) is 23.4. The molecule has 3 rings (SSSR count). The van der Waals surface area contributed by atoms with Crippen molar-refractivity contribution in [2.75, 3.05) is 24.7 Å². The summed E-state index contributed by atoms with van der Waals surface area (Å²) < 4.78 is 6.48. The molecule has 0 saturated heterocycles. The van der Waals surface area contributed by atoms with Gasteiger partial charge >= 0.3 is 11.8 Å². The van der Waals surface area contributed by atoms with Crippen LogP contribution in [0.15, 0.2) is 52.6 Å². The van der Waals surface area contributed by atoms with Crippen molar-refractivity contribution in [3.05, 3.63) is 59.2 Å². The number of hydrogen-bond acceptors (Lipinski definition) is 8. The van der Waals surface area contributed by atoms with Crippen LogP contribution in [0.3, 0.4) is 0 Å². The number of ether oxygens (including phenoxy) is 1. The average molecular weight is 472 g/mol. The first-order valence-corrected chi connectivity index (χ1v) is 11.4. The number of hydrazone groups is 1. The SMILES string of the molecule is COc1ccc(/C=N/NC(=O)C(=O)Nc2ccc(C(N)=O)cc2)cc1CSC1=NCCS1. The minimum Gasteiger partial charge on any atom is -0.496 e. The molecule has 0 unspecified atom stereocenters. The number of nitrogens with one attached hydrogen (secondary N) is 2. The lowest BCUT2D eigenvalue weighted by atomic mass is 10.1. The predicted octanol–water partition coefficient (Wildman–Crippen LogP) is 2.22. The lowest BCUT2D eigenvalue weighted by Crippen LogP contribution is -2.32. The molecule has 0 atom stereocenters. The van der Waals surface area contributed by atoms with Crippen LogP contribution in [0, 0.1) is 0 Å². The van der Waals surface area contributed by atoms with Crippen molar-refractivity contribution >= 4 is 57.5 Å². The van der Waals surface area contributed by atoms with E-state index in [-0.39, 0.29) is 0 Å². The maximum Gasteiger partial charge on any atom is 0.329 e. The molecule has 1 aliphatic rings. The van der Waals surface area contributed by atoms with E-state index in [0.29, 0.717) is 17.0 Å². The molecule has 32 heavy (non-hydrogen) atoms. The van der Waals surface area contributed by atoms with Gasteiger partial charge in [0.05, 0.1) is 19.9 Å². The summed E-state index contributed by atoms with van der Waals surface area (Å²) in [5, 5.41) is 6.27. The van der Waals surface area contributed by atoms with Crippen LogP contribution in [0.2, 0.25) is 0 Å². The maximum absolute atomic E-state index is 12.0. The van der Waals surface area contributed by atoms with Crippen LogP contribution < -0.4 is 21.2 Å². The number of anilines is 1. The van der Waals surface area contributed by atoms with E-state index in [9.17, 15) is 14.4 Å². The Morgan fingerprint density at radius 2 is 2.00 bits per heavy atom.